The van der Waals surface area contributed by atoms with Crippen molar-refractivity contribution in [3.63, 3.8) is 0 Å². The number of carbonyl (C=O) groups excluding carboxylic acids is 2. The van der Waals surface area contributed by atoms with Gasteiger partial charge in [-0.2, -0.15) is 0 Å². The predicted molar refractivity (Wildman–Crippen MR) is 154 cm³/mol. The van der Waals surface area contributed by atoms with Crippen LogP contribution in [0.3, 0.4) is 0 Å². The maximum Gasteiger partial charge on any atom is 0.244 e. The number of sulfonamides is 1. The molecule has 0 spiro atoms. The second-order valence-electron chi connectivity index (χ2n) is 9.32. The van der Waals surface area contributed by atoms with Crippen LogP contribution < -0.4 is 14.4 Å². The summed E-state index contributed by atoms with van der Waals surface area (Å²) < 4.78 is 32.4. The Kier molecular flexibility index (Phi) is 10.9. The normalized spacial score (nSPS) is 11.9. The van der Waals surface area contributed by atoms with Crippen LogP contribution in [0.5, 0.6) is 11.5 Å². The standard InChI is InChI=1S/C30H37N3O5S/c1-4-5-21-31-30(35)24(2)32(22-20-25-12-8-6-9-13-25)29(34)23-33(39(3,36)37)26-16-18-28(19-17-26)38-27-14-10-7-11-15-27/h6-19,24H,4-5,20-23H2,1-3H3,(H,31,35)/t24-/m1/s1. The number of ether oxygens (including phenoxy) is 1. The summed E-state index contributed by atoms with van der Waals surface area (Å²) in [5.74, 6) is 0.463. The third-order valence-corrected chi connectivity index (χ3v) is 7.40. The molecule has 0 aliphatic carbocycles. The third kappa shape index (κ3) is 9.14. The molecule has 1 atom stereocenters. The minimum Gasteiger partial charge on any atom is -0.457 e. The van der Waals surface area contributed by atoms with Crippen molar-refractivity contribution in [2.75, 3.05) is 30.2 Å². The van der Waals surface area contributed by atoms with Crippen LogP contribution in [0.4, 0.5) is 5.69 Å². The second-order valence-corrected chi connectivity index (χ2v) is 11.2. The van der Waals surface area contributed by atoms with E-state index in [9.17, 15) is 18.0 Å². The van der Waals surface area contributed by atoms with Gasteiger partial charge < -0.3 is 15.0 Å². The highest BCUT2D eigenvalue weighted by Crippen LogP contribution is 2.25. The number of amides is 2. The maximum absolute atomic E-state index is 13.6. The van der Waals surface area contributed by atoms with E-state index in [1.165, 1.54) is 4.90 Å². The van der Waals surface area contributed by atoms with E-state index in [-0.39, 0.29) is 12.5 Å². The molecule has 0 aromatic heterocycles. The fraction of sp³-hybridized carbons (Fsp3) is 0.333. The largest absolute Gasteiger partial charge is 0.457 e. The summed E-state index contributed by atoms with van der Waals surface area (Å²) in [6.45, 7) is 4.06. The quantitative estimate of drug-likeness (QED) is 0.295. The molecule has 0 aliphatic rings. The van der Waals surface area contributed by atoms with Crippen LogP contribution in [0.1, 0.15) is 32.3 Å². The average Bonchev–Trinajstić information content (AvgIpc) is 2.93. The molecule has 208 valence electrons. The highest BCUT2D eigenvalue weighted by molar-refractivity contribution is 7.92. The van der Waals surface area contributed by atoms with Gasteiger partial charge in [0.25, 0.3) is 0 Å². The van der Waals surface area contributed by atoms with Crippen LogP contribution in [0.15, 0.2) is 84.9 Å². The molecule has 8 nitrogen and oxygen atoms in total. The highest BCUT2D eigenvalue weighted by Gasteiger charge is 2.29. The summed E-state index contributed by atoms with van der Waals surface area (Å²) in [6.07, 6.45) is 3.36. The molecule has 0 aliphatic heterocycles. The molecule has 39 heavy (non-hydrogen) atoms. The van der Waals surface area contributed by atoms with Crippen molar-refractivity contribution in [3.8, 4) is 11.5 Å². The van der Waals surface area contributed by atoms with Crippen molar-refractivity contribution >= 4 is 27.5 Å². The lowest BCUT2D eigenvalue weighted by molar-refractivity contribution is -0.138. The van der Waals surface area contributed by atoms with E-state index >= 15 is 0 Å². The van der Waals surface area contributed by atoms with Crippen molar-refractivity contribution in [3.05, 3.63) is 90.5 Å². The van der Waals surface area contributed by atoms with Crippen molar-refractivity contribution in [2.45, 2.75) is 39.2 Å². The molecule has 1 N–H and O–H groups in total. The minimum atomic E-state index is -3.80. The molecule has 0 fully saturated rings. The number of carbonyl (C=O) groups is 2. The number of rotatable bonds is 14. The Labute approximate surface area is 231 Å². The summed E-state index contributed by atoms with van der Waals surface area (Å²) in [5.41, 5.74) is 1.34. The summed E-state index contributed by atoms with van der Waals surface area (Å²) in [5, 5.41) is 2.88. The number of nitrogens with one attached hydrogen (secondary N) is 1. The average molecular weight is 552 g/mol. The SMILES string of the molecule is CCCCNC(=O)[C@@H](C)N(CCc1ccccc1)C(=O)CN(c1ccc(Oc2ccccc2)cc1)S(C)(=O)=O. The molecule has 3 aromatic carbocycles. The second kappa shape index (κ2) is 14.3. The first-order valence-electron chi connectivity index (χ1n) is 13.1. The number of hydrogen-bond acceptors (Lipinski definition) is 5. The van der Waals surface area contributed by atoms with Crippen LogP contribution in [0, 0.1) is 0 Å². The number of hydrogen-bond donors (Lipinski definition) is 1. The lowest BCUT2D eigenvalue weighted by Crippen LogP contribution is -2.52. The molecule has 0 bridgehead atoms. The number of unbranched alkanes of at least 4 members (excludes halogenated alkanes) is 1. The van der Waals surface area contributed by atoms with Gasteiger partial charge in [0.2, 0.25) is 21.8 Å². The van der Waals surface area contributed by atoms with Crippen molar-refractivity contribution < 1.29 is 22.7 Å². The fourth-order valence-electron chi connectivity index (χ4n) is 4.02. The fourth-order valence-corrected chi connectivity index (χ4v) is 4.87. The van der Waals surface area contributed by atoms with Crippen molar-refractivity contribution in [1.29, 1.82) is 0 Å². The number of para-hydroxylation sites is 1. The molecule has 3 aromatic rings. The van der Waals surface area contributed by atoms with E-state index in [0.29, 0.717) is 30.2 Å². The van der Waals surface area contributed by atoms with Gasteiger partial charge in [0, 0.05) is 13.1 Å². The first kappa shape index (κ1) is 29.7. The topological polar surface area (TPSA) is 96.0 Å². The molecule has 2 amide bonds. The van der Waals surface area contributed by atoms with Crippen molar-refractivity contribution in [2.24, 2.45) is 0 Å². The Morgan fingerprint density at radius 2 is 1.49 bits per heavy atom. The zero-order chi connectivity index (χ0) is 28.3. The number of benzene rings is 3. The van der Waals surface area contributed by atoms with Crippen LogP contribution >= 0.6 is 0 Å². The molecule has 3 rings (SSSR count). The highest BCUT2D eigenvalue weighted by atomic mass is 32.2. The van der Waals surface area contributed by atoms with Gasteiger partial charge in [-0.1, -0.05) is 61.9 Å². The first-order chi connectivity index (χ1) is 18.7. The monoisotopic (exact) mass is 551 g/mol. The van der Waals surface area contributed by atoms with Gasteiger partial charge >= 0.3 is 0 Å². The van der Waals surface area contributed by atoms with Crippen LogP contribution in [0.2, 0.25) is 0 Å². The van der Waals surface area contributed by atoms with Crippen LogP contribution in [-0.4, -0.2) is 57.1 Å². The zero-order valence-electron chi connectivity index (χ0n) is 22.7. The Morgan fingerprint density at radius 3 is 2.08 bits per heavy atom. The minimum absolute atomic E-state index is 0.266. The third-order valence-electron chi connectivity index (χ3n) is 6.26. The van der Waals surface area contributed by atoms with Gasteiger partial charge in [0.05, 0.1) is 11.9 Å². The van der Waals surface area contributed by atoms with E-state index in [0.717, 1.165) is 29.0 Å². The molecule has 0 unspecified atom stereocenters. The molecule has 0 saturated heterocycles. The Bertz CT molecular complexity index is 1300. The molecule has 9 heteroatoms. The van der Waals surface area contributed by atoms with Gasteiger partial charge in [-0.25, -0.2) is 8.42 Å². The summed E-state index contributed by atoms with van der Waals surface area (Å²) >= 11 is 0. The molecular formula is C30H37N3O5S. The molecule has 0 heterocycles. The zero-order valence-corrected chi connectivity index (χ0v) is 23.6. The maximum atomic E-state index is 13.6. The molecule has 0 radical (unpaired) electrons. The van der Waals surface area contributed by atoms with E-state index in [4.69, 9.17) is 4.74 Å². The molecular weight excluding hydrogens is 514 g/mol. The summed E-state index contributed by atoms with van der Waals surface area (Å²) in [6, 6.07) is 24.6. The summed E-state index contributed by atoms with van der Waals surface area (Å²) in [7, 11) is -3.80. The van der Waals surface area contributed by atoms with E-state index in [1.807, 2.05) is 67.6 Å². The Morgan fingerprint density at radius 1 is 0.897 bits per heavy atom. The van der Waals surface area contributed by atoms with Crippen LogP contribution in [0.25, 0.3) is 0 Å². The molecule has 0 saturated carbocycles. The van der Waals surface area contributed by atoms with Gasteiger partial charge in [-0.05, 0) is 61.7 Å². The lowest BCUT2D eigenvalue weighted by atomic mass is 10.1. The van der Waals surface area contributed by atoms with E-state index in [2.05, 4.69) is 5.32 Å². The lowest BCUT2D eigenvalue weighted by Gasteiger charge is -2.31. The van der Waals surface area contributed by atoms with Gasteiger partial charge in [0.1, 0.15) is 24.1 Å². The smallest absolute Gasteiger partial charge is 0.244 e. The number of anilines is 1. The predicted octanol–water partition coefficient (Wildman–Crippen LogP) is 4.62. The van der Waals surface area contributed by atoms with Crippen LogP contribution in [-0.2, 0) is 26.0 Å². The summed E-state index contributed by atoms with van der Waals surface area (Å²) in [4.78, 5) is 27.9. The Balaban J connectivity index is 1.79. The number of nitrogens with zero attached hydrogens (tertiary/aromatic N) is 2. The Hall–Kier alpha value is -3.85. The first-order valence-corrected chi connectivity index (χ1v) is 15.0. The van der Waals surface area contributed by atoms with E-state index in [1.54, 1.807) is 31.2 Å². The van der Waals surface area contributed by atoms with Gasteiger partial charge in [-0.3, -0.25) is 13.9 Å². The van der Waals surface area contributed by atoms with Gasteiger partial charge in [-0.15, -0.1) is 0 Å². The van der Waals surface area contributed by atoms with Gasteiger partial charge in [0.15, 0.2) is 0 Å². The van der Waals surface area contributed by atoms with Crippen molar-refractivity contribution in [1.82, 2.24) is 10.2 Å². The van der Waals surface area contributed by atoms with E-state index < -0.39 is 28.5 Å².